The Morgan fingerprint density at radius 2 is 2.00 bits per heavy atom. The highest BCUT2D eigenvalue weighted by Gasteiger charge is 2.22. The van der Waals surface area contributed by atoms with Crippen LogP contribution in [0.3, 0.4) is 0 Å². The quantitative estimate of drug-likeness (QED) is 0.790. The average molecular weight is 352 g/mol. The van der Waals surface area contributed by atoms with Crippen molar-refractivity contribution in [2.24, 2.45) is 11.7 Å². The lowest BCUT2D eigenvalue weighted by Crippen LogP contribution is -2.32. The Kier molecular flexibility index (Phi) is 5.96. The van der Waals surface area contributed by atoms with Crippen LogP contribution < -0.4 is 11.1 Å². The van der Waals surface area contributed by atoms with Crippen LogP contribution in [0, 0.1) is 5.92 Å². The summed E-state index contributed by atoms with van der Waals surface area (Å²) in [6.45, 7) is 3.75. The highest BCUT2D eigenvalue weighted by molar-refractivity contribution is 5.95. The van der Waals surface area contributed by atoms with E-state index in [0.717, 1.165) is 32.5 Å². The summed E-state index contributed by atoms with van der Waals surface area (Å²) >= 11 is 0. The number of amides is 2. The molecule has 6 heteroatoms. The van der Waals surface area contributed by atoms with E-state index in [1.165, 1.54) is 23.9 Å². The van der Waals surface area contributed by atoms with Crippen LogP contribution in [0.25, 0.3) is 0 Å². The van der Waals surface area contributed by atoms with Gasteiger partial charge in [-0.1, -0.05) is 30.3 Å². The highest BCUT2D eigenvalue weighted by Crippen LogP contribution is 2.16. The molecule has 0 saturated carbocycles. The first kappa shape index (κ1) is 18.1. The molecule has 2 amide bonds. The first-order valence-corrected chi connectivity index (χ1v) is 8.92. The first-order chi connectivity index (χ1) is 12.6. The zero-order valence-corrected chi connectivity index (χ0v) is 14.7. The third-order valence-corrected chi connectivity index (χ3v) is 4.76. The Morgan fingerprint density at radius 1 is 1.19 bits per heavy atom. The number of hydrogen-bond donors (Lipinski definition) is 2. The molecule has 0 spiro atoms. The average Bonchev–Trinajstić information content (AvgIpc) is 3.13. The molecular formula is C20H24N4O2. The van der Waals surface area contributed by atoms with Gasteiger partial charge in [-0.05, 0) is 43.0 Å². The van der Waals surface area contributed by atoms with Gasteiger partial charge < -0.3 is 16.0 Å². The van der Waals surface area contributed by atoms with E-state index in [1.54, 1.807) is 0 Å². The van der Waals surface area contributed by atoms with Crippen LogP contribution in [0.4, 0.5) is 0 Å². The maximum atomic E-state index is 12.2. The Bertz CT molecular complexity index is 746. The van der Waals surface area contributed by atoms with Gasteiger partial charge in [-0.25, -0.2) is 0 Å². The largest absolute Gasteiger partial charge is 0.366 e. The number of nitrogens with two attached hydrogens (primary N) is 1. The predicted molar refractivity (Wildman–Crippen MR) is 99.8 cm³/mol. The summed E-state index contributed by atoms with van der Waals surface area (Å²) in [4.78, 5) is 29.7. The normalized spacial score (nSPS) is 17.2. The van der Waals surface area contributed by atoms with Gasteiger partial charge in [0.05, 0.1) is 5.56 Å². The molecule has 0 radical (unpaired) electrons. The van der Waals surface area contributed by atoms with E-state index < -0.39 is 5.91 Å². The second-order valence-corrected chi connectivity index (χ2v) is 6.70. The van der Waals surface area contributed by atoms with Crippen molar-refractivity contribution < 1.29 is 9.59 Å². The molecule has 1 aromatic carbocycles. The molecule has 2 heterocycles. The molecule has 1 aliphatic rings. The Morgan fingerprint density at radius 3 is 2.69 bits per heavy atom. The maximum absolute atomic E-state index is 12.2. The summed E-state index contributed by atoms with van der Waals surface area (Å²) in [5.74, 6) is -0.311. The lowest BCUT2D eigenvalue weighted by Gasteiger charge is -2.16. The summed E-state index contributed by atoms with van der Waals surface area (Å²) in [6, 6.07) is 13.5. The van der Waals surface area contributed by atoms with Crippen molar-refractivity contribution in [2.75, 3.05) is 26.2 Å². The van der Waals surface area contributed by atoms with Crippen LogP contribution in [-0.2, 0) is 6.42 Å². The lowest BCUT2D eigenvalue weighted by atomic mass is 10.1. The predicted octanol–water partition coefficient (Wildman–Crippen LogP) is 1.47. The van der Waals surface area contributed by atoms with Gasteiger partial charge in [0.15, 0.2) is 0 Å². The number of aromatic nitrogens is 1. The van der Waals surface area contributed by atoms with Gasteiger partial charge in [0.25, 0.3) is 5.91 Å². The number of primary amides is 1. The number of carbonyl (C=O) groups excluding carboxylic acids is 2. The molecule has 1 aliphatic heterocycles. The number of nitrogens with one attached hydrogen (secondary N) is 1. The van der Waals surface area contributed by atoms with Crippen molar-refractivity contribution in [2.45, 2.75) is 12.8 Å². The first-order valence-electron chi connectivity index (χ1n) is 8.92. The van der Waals surface area contributed by atoms with Crippen molar-refractivity contribution in [1.82, 2.24) is 15.2 Å². The Hall–Kier alpha value is -2.73. The van der Waals surface area contributed by atoms with Gasteiger partial charge in [-0.2, -0.15) is 0 Å². The van der Waals surface area contributed by atoms with E-state index in [9.17, 15) is 9.59 Å². The van der Waals surface area contributed by atoms with Crippen molar-refractivity contribution >= 4 is 11.8 Å². The number of benzene rings is 1. The topological polar surface area (TPSA) is 88.3 Å². The Balaban J connectivity index is 1.41. The van der Waals surface area contributed by atoms with E-state index in [4.69, 9.17) is 5.73 Å². The number of likely N-dealkylation sites (tertiary alicyclic amines) is 1. The number of hydrogen-bond acceptors (Lipinski definition) is 4. The van der Waals surface area contributed by atoms with E-state index in [0.29, 0.717) is 23.7 Å². The number of carbonyl (C=O) groups is 2. The minimum Gasteiger partial charge on any atom is -0.366 e. The molecule has 1 aromatic heterocycles. The summed E-state index contributed by atoms with van der Waals surface area (Å²) in [7, 11) is 0. The molecule has 3 N–H and O–H groups in total. The second kappa shape index (κ2) is 8.58. The Labute approximate surface area is 153 Å². The standard InChI is InChI=1S/C20H24N4O2/c21-19(25)17-6-7-18(22-13-17)20(26)23-12-16-9-11-24(14-16)10-8-15-4-2-1-3-5-15/h1-7,13,16H,8-12,14H2,(H2,21,25)(H,23,26). The molecule has 0 aliphatic carbocycles. The summed E-state index contributed by atoms with van der Waals surface area (Å²) in [5, 5.41) is 2.94. The van der Waals surface area contributed by atoms with Gasteiger partial charge >= 0.3 is 0 Å². The molecule has 1 saturated heterocycles. The lowest BCUT2D eigenvalue weighted by molar-refractivity contribution is 0.0939. The minimum atomic E-state index is -0.550. The van der Waals surface area contributed by atoms with Crippen molar-refractivity contribution in [3.63, 3.8) is 0 Å². The molecule has 136 valence electrons. The highest BCUT2D eigenvalue weighted by atomic mass is 16.2. The summed E-state index contributed by atoms with van der Waals surface area (Å²) in [5.41, 5.74) is 7.13. The molecule has 1 fully saturated rings. The molecule has 3 rings (SSSR count). The second-order valence-electron chi connectivity index (χ2n) is 6.70. The van der Waals surface area contributed by atoms with Gasteiger partial charge in [0, 0.05) is 25.8 Å². The maximum Gasteiger partial charge on any atom is 0.269 e. The third kappa shape index (κ3) is 4.89. The molecule has 1 unspecified atom stereocenters. The van der Waals surface area contributed by atoms with Crippen LogP contribution in [0.2, 0.25) is 0 Å². The van der Waals surface area contributed by atoms with Gasteiger partial charge in [-0.15, -0.1) is 0 Å². The van der Waals surface area contributed by atoms with Crippen molar-refractivity contribution in [1.29, 1.82) is 0 Å². The van der Waals surface area contributed by atoms with Crippen LogP contribution >= 0.6 is 0 Å². The van der Waals surface area contributed by atoms with Crippen LogP contribution in [0.15, 0.2) is 48.7 Å². The van der Waals surface area contributed by atoms with Gasteiger partial charge in [0.1, 0.15) is 5.69 Å². The fraction of sp³-hybridized carbons (Fsp3) is 0.350. The SMILES string of the molecule is NC(=O)c1ccc(C(=O)NCC2CCN(CCc3ccccc3)C2)nc1. The summed E-state index contributed by atoms with van der Waals surface area (Å²) < 4.78 is 0. The van der Waals surface area contributed by atoms with Gasteiger partial charge in [0.2, 0.25) is 5.91 Å². The fourth-order valence-corrected chi connectivity index (χ4v) is 3.22. The third-order valence-electron chi connectivity index (χ3n) is 4.76. The molecule has 1 atom stereocenters. The molecule has 26 heavy (non-hydrogen) atoms. The monoisotopic (exact) mass is 352 g/mol. The van der Waals surface area contributed by atoms with Crippen LogP contribution in [0.5, 0.6) is 0 Å². The van der Waals surface area contributed by atoms with Gasteiger partial charge in [-0.3, -0.25) is 14.6 Å². The minimum absolute atomic E-state index is 0.219. The molecule has 0 bridgehead atoms. The van der Waals surface area contributed by atoms with Crippen LogP contribution in [0.1, 0.15) is 32.8 Å². The zero-order chi connectivity index (χ0) is 18.4. The fourth-order valence-electron chi connectivity index (χ4n) is 3.22. The van der Waals surface area contributed by atoms with E-state index >= 15 is 0 Å². The zero-order valence-electron chi connectivity index (χ0n) is 14.7. The number of rotatable bonds is 7. The van der Waals surface area contributed by atoms with E-state index in [1.807, 2.05) is 6.07 Å². The molecule has 2 aromatic rings. The van der Waals surface area contributed by atoms with Crippen molar-refractivity contribution in [3.05, 3.63) is 65.5 Å². The smallest absolute Gasteiger partial charge is 0.269 e. The molecular weight excluding hydrogens is 328 g/mol. The number of pyridine rings is 1. The number of nitrogens with zero attached hydrogens (tertiary/aromatic N) is 2. The van der Waals surface area contributed by atoms with E-state index in [-0.39, 0.29) is 5.91 Å². The summed E-state index contributed by atoms with van der Waals surface area (Å²) in [6.07, 6.45) is 3.47. The molecule has 6 nitrogen and oxygen atoms in total. The van der Waals surface area contributed by atoms with Crippen molar-refractivity contribution in [3.8, 4) is 0 Å². The van der Waals surface area contributed by atoms with Crippen LogP contribution in [-0.4, -0.2) is 47.9 Å². The van der Waals surface area contributed by atoms with E-state index in [2.05, 4.69) is 39.5 Å².